The Balaban J connectivity index is 2.16. The number of hydrogen-bond acceptors (Lipinski definition) is 2. The number of phenolic OH excluding ortho intramolecular Hbond substituents is 1. The summed E-state index contributed by atoms with van der Waals surface area (Å²) in [6.07, 6.45) is 0. The largest absolute Gasteiger partial charge is 0.508 e. The number of hydrogen-bond donors (Lipinski definition) is 2. The molecule has 2 rings (SSSR count). The molecule has 0 aromatic heterocycles. The van der Waals surface area contributed by atoms with Gasteiger partial charge in [-0.3, -0.25) is 0 Å². The third kappa shape index (κ3) is 2.83. The van der Waals surface area contributed by atoms with Crippen LogP contribution in [0.4, 0.5) is 5.69 Å². The normalized spacial score (nSPS) is 12.2. The molecular formula is C16H19NO. The third-order valence-corrected chi connectivity index (χ3v) is 3.14. The van der Waals surface area contributed by atoms with Crippen LogP contribution in [0.2, 0.25) is 0 Å². The summed E-state index contributed by atoms with van der Waals surface area (Å²) in [5.41, 5.74) is 4.90. The molecule has 0 heterocycles. The van der Waals surface area contributed by atoms with Crippen LogP contribution in [-0.4, -0.2) is 5.11 Å². The number of benzene rings is 2. The summed E-state index contributed by atoms with van der Waals surface area (Å²) in [7, 11) is 0. The van der Waals surface area contributed by atoms with Gasteiger partial charge >= 0.3 is 0 Å². The molecule has 1 atom stereocenters. The van der Waals surface area contributed by atoms with Crippen molar-refractivity contribution in [3.63, 3.8) is 0 Å². The molecule has 2 aromatic carbocycles. The molecule has 0 spiro atoms. The van der Waals surface area contributed by atoms with Gasteiger partial charge in [-0.1, -0.05) is 23.8 Å². The van der Waals surface area contributed by atoms with Gasteiger partial charge in [0.05, 0.1) is 0 Å². The molecule has 0 aliphatic rings. The predicted octanol–water partition coefficient (Wildman–Crippen LogP) is 4.18. The first-order valence-electron chi connectivity index (χ1n) is 6.19. The first-order valence-corrected chi connectivity index (χ1v) is 6.19. The van der Waals surface area contributed by atoms with Crippen molar-refractivity contribution in [3.05, 3.63) is 59.2 Å². The SMILES string of the molecule is Cc1ccc(C(C)Nc2ccc(O)cc2)c(C)c1. The smallest absolute Gasteiger partial charge is 0.115 e. The molecule has 2 aromatic rings. The minimum Gasteiger partial charge on any atom is -0.508 e. The molecule has 0 aliphatic heterocycles. The Morgan fingerprint density at radius 2 is 1.67 bits per heavy atom. The number of rotatable bonds is 3. The topological polar surface area (TPSA) is 32.3 Å². The highest BCUT2D eigenvalue weighted by Crippen LogP contribution is 2.23. The monoisotopic (exact) mass is 241 g/mol. The quantitative estimate of drug-likeness (QED) is 0.790. The average molecular weight is 241 g/mol. The van der Waals surface area contributed by atoms with Crippen molar-refractivity contribution in [2.24, 2.45) is 0 Å². The first kappa shape index (κ1) is 12.5. The van der Waals surface area contributed by atoms with Crippen molar-refractivity contribution in [2.45, 2.75) is 26.8 Å². The van der Waals surface area contributed by atoms with Crippen LogP contribution in [0.25, 0.3) is 0 Å². The highest BCUT2D eigenvalue weighted by Gasteiger charge is 2.08. The fraction of sp³-hybridized carbons (Fsp3) is 0.250. The number of anilines is 1. The maximum Gasteiger partial charge on any atom is 0.115 e. The van der Waals surface area contributed by atoms with Gasteiger partial charge in [-0.25, -0.2) is 0 Å². The van der Waals surface area contributed by atoms with E-state index in [4.69, 9.17) is 0 Å². The molecule has 18 heavy (non-hydrogen) atoms. The van der Waals surface area contributed by atoms with Crippen molar-refractivity contribution < 1.29 is 5.11 Å². The van der Waals surface area contributed by atoms with Crippen LogP contribution < -0.4 is 5.32 Å². The van der Waals surface area contributed by atoms with E-state index in [0.29, 0.717) is 5.75 Å². The van der Waals surface area contributed by atoms with Crippen LogP contribution in [-0.2, 0) is 0 Å². The number of phenols is 1. The van der Waals surface area contributed by atoms with Gasteiger partial charge in [-0.2, -0.15) is 0 Å². The minimum atomic E-state index is 0.246. The fourth-order valence-electron chi connectivity index (χ4n) is 2.20. The molecule has 0 radical (unpaired) electrons. The molecule has 1 unspecified atom stereocenters. The Labute approximate surface area is 108 Å². The Hall–Kier alpha value is -1.96. The van der Waals surface area contributed by atoms with Crippen LogP contribution in [0.15, 0.2) is 42.5 Å². The van der Waals surface area contributed by atoms with Crippen molar-refractivity contribution in [1.29, 1.82) is 0 Å². The molecule has 0 amide bonds. The molecule has 2 heteroatoms. The Kier molecular flexibility index (Phi) is 3.56. The lowest BCUT2D eigenvalue weighted by Crippen LogP contribution is -2.08. The van der Waals surface area contributed by atoms with Gasteiger partial charge in [0, 0.05) is 11.7 Å². The zero-order valence-electron chi connectivity index (χ0n) is 11.1. The van der Waals surface area contributed by atoms with Crippen LogP contribution in [0.5, 0.6) is 5.75 Å². The van der Waals surface area contributed by atoms with Crippen LogP contribution in [0.1, 0.15) is 29.7 Å². The van der Waals surface area contributed by atoms with Crippen molar-refractivity contribution in [1.82, 2.24) is 0 Å². The van der Waals surface area contributed by atoms with Gasteiger partial charge in [0.2, 0.25) is 0 Å². The molecular weight excluding hydrogens is 222 g/mol. The lowest BCUT2D eigenvalue weighted by molar-refractivity contribution is 0.475. The van der Waals surface area contributed by atoms with Gasteiger partial charge < -0.3 is 10.4 Å². The zero-order valence-corrected chi connectivity index (χ0v) is 11.1. The summed E-state index contributed by atoms with van der Waals surface area (Å²) in [5.74, 6) is 0.291. The van der Waals surface area contributed by atoms with E-state index in [9.17, 15) is 5.11 Å². The van der Waals surface area contributed by atoms with E-state index in [-0.39, 0.29) is 6.04 Å². The Morgan fingerprint density at radius 1 is 1.00 bits per heavy atom. The minimum absolute atomic E-state index is 0.246. The van der Waals surface area contributed by atoms with Crippen molar-refractivity contribution in [2.75, 3.05) is 5.32 Å². The van der Waals surface area contributed by atoms with Gasteiger partial charge in [0.25, 0.3) is 0 Å². The second-order valence-corrected chi connectivity index (χ2v) is 4.77. The van der Waals surface area contributed by atoms with Gasteiger partial charge in [0.15, 0.2) is 0 Å². The van der Waals surface area contributed by atoms with Gasteiger partial charge in [-0.05, 0) is 56.2 Å². The Bertz CT molecular complexity index is 531. The molecule has 0 bridgehead atoms. The summed E-state index contributed by atoms with van der Waals surface area (Å²) in [5, 5.41) is 12.7. The zero-order chi connectivity index (χ0) is 13.1. The maximum atomic E-state index is 9.25. The highest BCUT2D eigenvalue weighted by molar-refractivity contribution is 5.48. The summed E-state index contributed by atoms with van der Waals surface area (Å²) in [6.45, 7) is 6.39. The third-order valence-electron chi connectivity index (χ3n) is 3.14. The molecule has 94 valence electrons. The molecule has 2 nitrogen and oxygen atoms in total. The number of aryl methyl sites for hydroxylation is 2. The number of aromatic hydroxyl groups is 1. The second-order valence-electron chi connectivity index (χ2n) is 4.77. The van der Waals surface area contributed by atoms with E-state index in [1.165, 1.54) is 16.7 Å². The van der Waals surface area contributed by atoms with E-state index < -0.39 is 0 Å². The molecule has 0 saturated carbocycles. The Morgan fingerprint density at radius 3 is 2.28 bits per heavy atom. The molecule has 0 fully saturated rings. The summed E-state index contributed by atoms with van der Waals surface area (Å²) in [6, 6.07) is 13.9. The van der Waals surface area contributed by atoms with E-state index in [0.717, 1.165) is 5.69 Å². The standard InChI is InChI=1S/C16H19NO/c1-11-4-9-16(12(2)10-11)13(3)17-14-5-7-15(18)8-6-14/h4-10,13,17-18H,1-3H3. The molecule has 0 saturated heterocycles. The van der Waals surface area contributed by atoms with Crippen LogP contribution in [0, 0.1) is 13.8 Å². The summed E-state index contributed by atoms with van der Waals surface area (Å²) < 4.78 is 0. The van der Waals surface area contributed by atoms with E-state index in [1.54, 1.807) is 12.1 Å². The molecule has 0 aliphatic carbocycles. The fourth-order valence-corrected chi connectivity index (χ4v) is 2.20. The van der Waals surface area contributed by atoms with E-state index in [2.05, 4.69) is 44.3 Å². The predicted molar refractivity (Wildman–Crippen MR) is 76.1 cm³/mol. The van der Waals surface area contributed by atoms with E-state index >= 15 is 0 Å². The lowest BCUT2D eigenvalue weighted by Gasteiger charge is -2.18. The summed E-state index contributed by atoms with van der Waals surface area (Å²) in [4.78, 5) is 0. The summed E-state index contributed by atoms with van der Waals surface area (Å²) >= 11 is 0. The number of nitrogens with one attached hydrogen (secondary N) is 1. The van der Waals surface area contributed by atoms with Crippen molar-refractivity contribution >= 4 is 5.69 Å². The van der Waals surface area contributed by atoms with E-state index in [1.807, 2.05) is 12.1 Å². The average Bonchev–Trinajstić information content (AvgIpc) is 2.32. The second kappa shape index (κ2) is 5.13. The lowest BCUT2D eigenvalue weighted by atomic mass is 10.00. The first-order chi connectivity index (χ1) is 8.56. The van der Waals surface area contributed by atoms with Crippen LogP contribution >= 0.6 is 0 Å². The van der Waals surface area contributed by atoms with Crippen molar-refractivity contribution in [3.8, 4) is 5.75 Å². The maximum absolute atomic E-state index is 9.25. The van der Waals surface area contributed by atoms with Crippen LogP contribution in [0.3, 0.4) is 0 Å². The van der Waals surface area contributed by atoms with Gasteiger partial charge in [0.1, 0.15) is 5.75 Å². The molecule has 2 N–H and O–H groups in total. The highest BCUT2D eigenvalue weighted by atomic mass is 16.3. The van der Waals surface area contributed by atoms with Gasteiger partial charge in [-0.15, -0.1) is 0 Å².